The van der Waals surface area contributed by atoms with Crippen LogP contribution in [0.3, 0.4) is 0 Å². The zero-order valence-corrected chi connectivity index (χ0v) is 13.4. The van der Waals surface area contributed by atoms with E-state index in [0.29, 0.717) is 11.6 Å². The number of pyridine rings is 1. The highest BCUT2D eigenvalue weighted by Crippen LogP contribution is 2.32. The number of hydrogen-bond acceptors (Lipinski definition) is 5. The Balaban J connectivity index is 1.64. The Bertz CT molecular complexity index is 960. The lowest BCUT2D eigenvalue weighted by atomic mass is 10.00. The highest BCUT2D eigenvalue weighted by atomic mass is 16.6. The molecule has 4 rings (SSSR count). The molecule has 0 unspecified atom stereocenters. The molecule has 0 aliphatic carbocycles. The molecule has 0 saturated heterocycles. The number of nitrogens with one attached hydrogen (secondary N) is 2. The maximum absolute atomic E-state index is 10.7. The summed E-state index contributed by atoms with van der Waals surface area (Å²) in [4.78, 5) is 17.5. The van der Waals surface area contributed by atoms with E-state index in [0.717, 1.165) is 30.4 Å². The van der Waals surface area contributed by atoms with E-state index < -0.39 is 4.92 Å². The zero-order chi connectivity index (χ0) is 17.2. The first kappa shape index (κ1) is 15.3. The fraction of sp³-hybridized carbons (Fsp3) is 0.167. The van der Waals surface area contributed by atoms with E-state index in [9.17, 15) is 10.1 Å². The molecule has 0 radical (unpaired) electrons. The molecule has 7 heteroatoms. The molecule has 3 aromatic rings. The summed E-state index contributed by atoms with van der Waals surface area (Å²) in [6.45, 7) is 1.85. The number of nitrogens with zero attached hydrogens (tertiary/aromatic N) is 2. The third-order valence-corrected chi connectivity index (χ3v) is 4.22. The van der Waals surface area contributed by atoms with Gasteiger partial charge in [-0.2, -0.15) is 0 Å². The van der Waals surface area contributed by atoms with Gasteiger partial charge in [0.1, 0.15) is 11.9 Å². The van der Waals surface area contributed by atoms with Gasteiger partial charge in [0.2, 0.25) is 5.88 Å². The number of fused-ring (bicyclic) bond motifs is 1. The molecular formula is C18H16N4O3. The Morgan fingerprint density at radius 1 is 1.24 bits per heavy atom. The van der Waals surface area contributed by atoms with Crippen molar-refractivity contribution >= 4 is 22.2 Å². The van der Waals surface area contributed by atoms with Crippen molar-refractivity contribution in [1.29, 1.82) is 0 Å². The molecule has 0 atom stereocenters. The normalized spacial score (nSPS) is 14.3. The van der Waals surface area contributed by atoms with Crippen LogP contribution in [0.5, 0.6) is 11.6 Å². The van der Waals surface area contributed by atoms with Crippen LogP contribution in [0.4, 0.5) is 5.69 Å². The van der Waals surface area contributed by atoms with Gasteiger partial charge in [-0.1, -0.05) is 6.08 Å². The van der Waals surface area contributed by atoms with Gasteiger partial charge in [-0.15, -0.1) is 0 Å². The summed E-state index contributed by atoms with van der Waals surface area (Å²) in [5, 5.41) is 15.1. The minimum atomic E-state index is -0.484. The molecule has 7 nitrogen and oxygen atoms in total. The molecule has 0 bridgehead atoms. The Morgan fingerprint density at radius 2 is 2.16 bits per heavy atom. The predicted octanol–water partition coefficient (Wildman–Crippen LogP) is 3.64. The second kappa shape index (κ2) is 6.37. The first-order valence-electron chi connectivity index (χ1n) is 8.00. The third-order valence-electron chi connectivity index (χ3n) is 4.22. The highest BCUT2D eigenvalue weighted by Gasteiger charge is 2.12. The smallest absolute Gasteiger partial charge is 0.287 e. The summed E-state index contributed by atoms with van der Waals surface area (Å²) in [6, 6.07) is 8.65. The highest BCUT2D eigenvalue weighted by molar-refractivity contribution is 5.93. The third kappa shape index (κ3) is 3.09. The van der Waals surface area contributed by atoms with E-state index in [1.165, 1.54) is 29.5 Å². The van der Waals surface area contributed by atoms with Crippen LogP contribution in [0.25, 0.3) is 16.5 Å². The monoisotopic (exact) mass is 336 g/mol. The molecular weight excluding hydrogens is 320 g/mol. The van der Waals surface area contributed by atoms with E-state index in [1.54, 1.807) is 0 Å². The summed E-state index contributed by atoms with van der Waals surface area (Å²) in [5.41, 5.74) is 3.47. The van der Waals surface area contributed by atoms with Gasteiger partial charge < -0.3 is 15.0 Å². The maximum atomic E-state index is 10.7. The van der Waals surface area contributed by atoms with Crippen molar-refractivity contribution in [2.45, 2.75) is 6.42 Å². The number of aromatic nitrogens is 2. The van der Waals surface area contributed by atoms with Gasteiger partial charge >= 0.3 is 0 Å². The number of aromatic amines is 1. The standard InChI is InChI=1S/C18H16N4O3/c23-22(24)13-1-4-18(21-10-13)25-14-2-3-17-15(9-14)16(11-20-17)12-5-7-19-8-6-12/h1-5,9-11,19-20H,6-8H2. The molecule has 126 valence electrons. The van der Waals surface area contributed by atoms with Crippen molar-refractivity contribution in [3.63, 3.8) is 0 Å². The lowest BCUT2D eigenvalue weighted by Crippen LogP contribution is -2.19. The number of benzene rings is 1. The minimum absolute atomic E-state index is 0.0615. The SMILES string of the molecule is O=[N+]([O-])c1ccc(Oc2ccc3[nH]cc(C4=CCNCC4)c3c2)nc1. The molecule has 2 aromatic heterocycles. The first-order chi connectivity index (χ1) is 12.2. The molecule has 0 spiro atoms. The van der Waals surface area contributed by atoms with Gasteiger partial charge in [0.15, 0.2) is 0 Å². The average Bonchev–Trinajstić information content (AvgIpc) is 3.06. The fourth-order valence-electron chi connectivity index (χ4n) is 2.96. The van der Waals surface area contributed by atoms with Crippen LogP contribution in [0.15, 0.2) is 48.8 Å². The average molecular weight is 336 g/mol. The second-order valence-electron chi connectivity index (χ2n) is 5.81. The summed E-state index contributed by atoms with van der Waals surface area (Å²) in [5.74, 6) is 0.965. The van der Waals surface area contributed by atoms with Crippen molar-refractivity contribution in [1.82, 2.24) is 15.3 Å². The van der Waals surface area contributed by atoms with E-state index in [1.807, 2.05) is 24.4 Å². The van der Waals surface area contributed by atoms with Crippen LogP contribution >= 0.6 is 0 Å². The van der Waals surface area contributed by atoms with Crippen LogP contribution in [0.1, 0.15) is 12.0 Å². The van der Waals surface area contributed by atoms with Gasteiger partial charge in [-0.25, -0.2) is 4.98 Å². The van der Waals surface area contributed by atoms with E-state index >= 15 is 0 Å². The molecule has 0 saturated carbocycles. The lowest BCUT2D eigenvalue weighted by molar-refractivity contribution is -0.385. The predicted molar refractivity (Wildman–Crippen MR) is 94.7 cm³/mol. The number of ether oxygens (including phenoxy) is 1. The Kier molecular flexibility index (Phi) is 3.91. The first-order valence-corrected chi connectivity index (χ1v) is 8.00. The van der Waals surface area contributed by atoms with Crippen molar-refractivity contribution < 1.29 is 9.66 Å². The molecule has 1 aromatic carbocycles. The molecule has 0 amide bonds. The molecule has 3 heterocycles. The van der Waals surface area contributed by atoms with Crippen molar-refractivity contribution in [2.24, 2.45) is 0 Å². The maximum Gasteiger partial charge on any atom is 0.287 e. The molecule has 2 N–H and O–H groups in total. The molecule has 25 heavy (non-hydrogen) atoms. The number of nitro groups is 1. The van der Waals surface area contributed by atoms with Crippen molar-refractivity contribution in [3.05, 3.63) is 64.5 Å². The Hall–Kier alpha value is -3.19. The fourth-order valence-corrected chi connectivity index (χ4v) is 2.96. The Morgan fingerprint density at radius 3 is 2.88 bits per heavy atom. The van der Waals surface area contributed by atoms with Gasteiger partial charge in [0.25, 0.3) is 5.69 Å². The van der Waals surface area contributed by atoms with Crippen LogP contribution in [-0.2, 0) is 0 Å². The van der Waals surface area contributed by atoms with Crippen molar-refractivity contribution in [2.75, 3.05) is 13.1 Å². The molecule has 1 aliphatic heterocycles. The van der Waals surface area contributed by atoms with Crippen LogP contribution in [0.2, 0.25) is 0 Å². The van der Waals surface area contributed by atoms with Gasteiger partial charge in [-0.3, -0.25) is 10.1 Å². The van der Waals surface area contributed by atoms with Gasteiger partial charge in [0, 0.05) is 41.3 Å². The number of hydrogen-bond donors (Lipinski definition) is 2. The number of H-pyrrole nitrogens is 1. The largest absolute Gasteiger partial charge is 0.439 e. The number of rotatable bonds is 4. The van der Waals surface area contributed by atoms with E-state index in [4.69, 9.17) is 4.74 Å². The topological polar surface area (TPSA) is 93.1 Å². The molecule has 1 aliphatic rings. The summed E-state index contributed by atoms with van der Waals surface area (Å²) >= 11 is 0. The van der Waals surface area contributed by atoms with Crippen molar-refractivity contribution in [3.8, 4) is 11.6 Å². The quantitative estimate of drug-likeness (QED) is 0.560. The van der Waals surface area contributed by atoms with E-state index in [-0.39, 0.29) is 5.69 Å². The van der Waals surface area contributed by atoms with Crippen LogP contribution in [-0.4, -0.2) is 28.0 Å². The van der Waals surface area contributed by atoms with Gasteiger partial charge in [0.05, 0.1) is 4.92 Å². The summed E-state index contributed by atoms with van der Waals surface area (Å²) in [6.07, 6.45) is 6.41. The molecule has 0 fully saturated rings. The summed E-state index contributed by atoms with van der Waals surface area (Å²) in [7, 11) is 0. The Labute approximate surface area is 143 Å². The second-order valence-corrected chi connectivity index (χ2v) is 5.81. The lowest BCUT2D eigenvalue weighted by Gasteiger charge is -2.13. The van der Waals surface area contributed by atoms with Crippen LogP contribution in [0, 0.1) is 10.1 Å². The van der Waals surface area contributed by atoms with Crippen LogP contribution < -0.4 is 10.1 Å². The van der Waals surface area contributed by atoms with Gasteiger partial charge in [-0.05, 0) is 36.7 Å². The van der Waals surface area contributed by atoms with E-state index in [2.05, 4.69) is 21.4 Å². The zero-order valence-electron chi connectivity index (χ0n) is 13.4. The summed E-state index contributed by atoms with van der Waals surface area (Å²) < 4.78 is 5.75. The minimum Gasteiger partial charge on any atom is -0.439 e.